The molecule has 1 saturated carbocycles. The van der Waals surface area contributed by atoms with E-state index in [9.17, 15) is 9.18 Å². The van der Waals surface area contributed by atoms with Gasteiger partial charge in [0.25, 0.3) is 0 Å². The zero-order chi connectivity index (χ0) is 19.8. The molecule has 0 spiro atoms. The fraction of sp³-hybridized carbons (Fsp3) is 0.409. The predicted octanol–water partition coefficient (Wildman–Crippen LogP) is 4.17. The van der Waals surface area contributed by atoms with Crippen LogP contribution in [0, 0.1) is 5.82 Å². The fourth-order valence-corrected chi connectivity index (χ4v) is 3.27. The summed E-state index contributed by atoms with van der Waals surface area (Å²) in [4.78, 5) is 14.3. The number of halogens is 2. The maximum Gasteiger partial charge on any atom is 0.234 e. The lowest BCUT2D eigenvalue weighted by molar-refractivity contribution is -0.122. The van der Waals surface area contributed by atoms with Crippen LogP contribution in [0.3, 0.4) is 0 Å². The number of carbonyl (C=O) groups excluding carboxylic acids is 1. The van der Waals surface area contributed by atoms with Crippen LogP contribution >= 0.6 is 11.6 Å². The maximum atomic E-state index is 14.1. The third-order valence-electron chi connectivity index (χ3n) is 4.73. The van der Waals surface area contributed by atoms with E-state index >= 15 is 0 Å². The van der Waals surface area contributed by atoms with E-state index in [-0.39, 0.29) is 18.3 Å². The summed E-state index contributed by atoms with van der Waals surface area (Å²) in [5.41, 5.74) is 1.59. The van der Waals surface area contributed by atoms with Gasteiger partial charge in [-0.2, -0.15) is 0 Å². The number of hydrogen-bond acceptors (Lipinski definition) is 3. The van der Waals surface area contributed by atoms with Crippen LogP contribution in [0.15, 0.2) is 48.5 Å². The Morgan fingerprint density at radius 2 is 1.96 bits per heavy atom. The van der Waals surface area contributed by atoms with Gasteiger partial charge in [-0.05, 0) is 37.0 Å². The molecule has 2 aromatic rings. The first-order chi connectivity index (χ1) is 13.6. The van der Waals surface area contributed by atoms with Crippen LogP contribution < -0.4 is 5.32 Å². The van der Waals surface area contributed by atoms with Gasteiger partial charge in [0.1, 0.15) is 5.82 Å². The van der Waals surface area contributed by atoms with Crippen molar-refractivity contribution >= 4 is 17.5 Å². The maximum absolute atomic E-state index is 14.1. The molecule has 1 aliphatic rings. The fourth-order valence-electron chi connectivity index (χ4n) is 3.05. The van der Waals surface area contributed by atoms with Crippen molar-refractivity contribution in [1.29, 1.82) is 0 Å². The number of benzene rings is 2. The van der Waals surface area contributed by atoms with Crippen LogP contribution in [-0.4, -0.2) is 36.5 Å². The number of rotatable bonds is 11. The monoisotopic (exact) mass is 404 g/mol. The first-order valence-electron chi connectivity index (χ1n) is 9.69. The number of amides is 1. The highest BCUT2D eigenvalue weighted by Gasteiger charge is 2.31. The Kier molecular flexibility index (Phi) is 7.83. The largest absolute Gasteiger partial charge is 0.377 e. The summed E-state index contributed by atoms with van der Waals surface area (Å²) >= 11 is 6.13. The molecule has 1 N–H and O–H groups in total. The van der Waals surface area contributed by atoms with Gasteiger partial charge in [0, 0.05) is 36.3 Å². The Bertz CT molecular complexity index is 748. The second kappa shape index (κ2) is 10.6. The van der Waals surface area contributed by atoms with E-state index in [1.54, 1.807) is 12.1 Å². The van der Waals surface area contributed by atoms with Crippen LogP contribution in [-0.2, 0) is 22.7 Å². The predicted molar refractivity (Wildman–Crippen MR) is 109 cm³/mol. The second-order valence-electron chi connectivity index (χ2n) is 7.08. The van der Waals surface area contributed by atoms with E-state index < -0.39 is 0 Å². The molecule has 6 heteroatoms. The lowest BCUT2D eigenvalue weighted by atomic mass is 10.2. The molecule has 1 amide bonds. The van der Waals surface area contributed by atoms with Gasteiger partial charge in [0.15, 0.2) is 0 Å². The minimum atomic E-state index is -0.325. The molecule has 4 nitrogen and oxygen atoms in total. The highest BCUT2D eigenvalue weighted by molar-refractivity contribution is 6.31. The molecule has 0 radical (unpaired) electrons. The molecular weight excluding hydrogens is 379 g/mol. The highest BCUT2D eigenvalue weighted by atomic mass is 35.5. The van der Waals surface area contributed by atoms with Gasteiger partial charge in [-0.3, -0.25) is 9.69 Å². The van der Waals surface area contributed by atoms with Crippen molar-refractivity contribution in [3.8, 4) is 0 Å². The van der Waals surface area contributed by atoms with Crippen LogP contribution in [0.5, 0.6) is 0 Å². The molecule has 1 aliphatic carbocycles. The summed E-state index contributed by atoms with van der Waals surface area (Å²) in [6.45, 7) is 2.33. The Morgan fingerprint density at radius 3 is 2.68 bits per heavy atom. The SMILES string of the molecule is O=C(CN(Cc1c(F)cccc1Cl)C1CC1)NCCCOCc1ccccc1. The number of nitrogens with zero attached hydrogens (tertiary/aromatic N) is 1. The van der Waals surface area contributed by atoms with Crippen molar-refractivity contribution in [1.82, 2.24) is 10.2 Å². The van der Waals surface area contributed by atoms with Gasteiger partial charge in [-0.25, -0.2) is 4.39 Å². The molecule has 1 fully saturated rings. The Labute approximate surface area is 170 Å². The molecule has 28 heavy (non-hydrogen) atoms. The van der Waals surface area contributed by atoms with Crippen molar-refractivity contribution < 1.29 is 13.9 Å². The van der Waals surface area contributed by atoms with Crippen LogP contribution in [0.25, 0.3) is 0 Å². The average Bonchev–Trinajstić information content (AvgIpc) is 3.53. The smallest absolute Gasteiger partial charge is 0.234 e. The summed E-state index contributed by atoms with van der Waals surface area (Å²) in [7, 11) is 0. The quantitative estimate of drug-likeness (QED) is 0.571. The number of ether oxygens (including phenoxy) is 1. The zero-order valence-electron chi connectivity index (χ0n) is 15.9. The van der Waals surface area contributed by atoms with E-state index in [1.807, 2.05) is 35.2 Å². The Morgan fingerprint density at radius 1 is 1.18 bits per heavy atom. The van der Waals surface area contributed by atoms with Gasteiger partial charge in [0.2, 0.25) is 5.91 Å². The summed E-state index contributed by atoms with van der Waals surface area (Å²) in [6.07, 6.45) is 2.82. The van der Waals surface area contributed by atoms with E-state index in [1.165, 1.54) is 6.07 Å². The molecule has 0 heterocycles. The lowest BCUT2D eigenvalue weighted by Crippen LogP contribution is -2.38. The van der Waals surface area contributed by atoms with E-state index in [4.69, 9.17) is 16.3 Å². The number of nitrogens with one attached hydrogen (secondary N) is 1. The van der Waals surface area contributed by atoms with Gasteiger partial charge >= 0.3 is 0 Å². The van der Waals surface area contributed by atoms with Crippen molar-refractivity contribution in [2.75, 3.05) is 19.7 Å². The van der Waals surface area contributed by atoms with E-state index in [0.717, 1.165) is 24.8 Å². The van der Waals surface area contributed by atoms with Crippen LogP contribution in [0.2, 0.25) is 5.02 Å². The third kappa shape index (κ3) is 6.59. The van der Waals surface area contributed by atoms with E-state index in [2.05, 4.69) is 5.32 Å². The summed E-state index contributed by atoms with van der Waals surface area (Å²) in [5.74, 6) is -0.378. The van der Waals surface area contributed by atoms with Crippen molar-refractivity contribution in [2.24, 2.45) is 0 Å². The average molecular weight is 405 g/mol. The Balaban J connectivity index is 1.36. The molecule has 3 rings (SSSR count). The molecule has 150 valence electrons. The molecule has 2 aromatic carbocycles. The normalized spacial score (nSPS) is 13.7. The number of hydrogen-bond donors (Lipinski definition) is 1. The molecular formula is C22H26ClFN2O2. The topological polar surface area (TPSA) is 41.6 Å². The van der Waals surface area contributed by atoms with Gasteiger partial charge in [0.05, 0.1) is 13.2 Å². The standard InChI is InChI=1S/C22H26ClFN2O2/c23-20-8-4-9-21(24)19(20)14-26(18-10-11-18)15-22(27)25-12-5-13-28-16-17-6-2-1-3-7-17/h1-4,6-9,18H,5,10-16H2,(H,25,27). The van der Waals surface area contributed by atoms with E-state index in [0.29, 0.717) is 42.9 Å². The van der Waals surface area contributed by atoms with Gasteiger partial charge in [-0.1, -0.05) is 48.0 Å². The van der Waals surface area contributed by atoms with Gasteiger partial charge < -0.3 is 10.1 Å². The van der Waals surface area contributed by atoms with Crippen LogP contribution in [0.1, 0.15) is 30.4 Å². The van der Waals surface area contributed by atoms with Crippen LogP contribution in [0.4, 0.5) is 4.39 Å². The molecule has 0 aromatic heterocycles. The minimum Gasteiger partial charge on any atom is -0.377 e. The first-order valence-corrected chi connectivity index (χ1v) is 10.1. The molecule has 0 saturated heterocycles. The summed E-state index contributed by atoms with van der Waals surface area (Å²) < 4.78 is 19.7. The van der Waals surface area contributed by atoms with Gasteiger partial charge in [-0.15, -0.1) is 0 Å². The minimum absolute atomic E-state index is 0.0533. The van der Waals surface area contributed by atoms with Crippen molar-refractivity contribution in [3.05, 3.63) is 70.5 Å². The molecule has 0 atom stereocenters. The molecule has 0 aliphatic heterocycles. The Hall–Kier alpha value is -1.95. The highest BCUT2D eigenvalue weighted by Crippen LogP contribution is 2.30. The summed E-state index contributed by atoms with van der Waals surface area (Å²) in [5, 5.41) is 3.33. The van der Waals surface area contributed by atoms with Crippen molar-refractivity contribution in [2.45, 2.75) is 38.5 Å². The molecule has 0 bridgehead atoms. The molecule has 0 unspecified atom stereocenters. The third-order valence-corrected chi connectivity index (χ3v) is 5.09. The lowest BCUT2D eigenvalue weighted by Gasteiger charge is -2.22. The summed E-state index contributed by atoms with van der Waals surface area (Å²) in [6, 6.07) is 15.0. The zero-order valence-corrected chi connectivity index (χ0v) is 16.6. The first kappa shape index (κ1) is 20.8. The van der Waals surface area contributed by atoms with Crippen molar-refractivity contribution in [3.63, 3.8) is 0 Å². The number of carbonyl (C=O) groups is 1. The second-order valence-corrected chi connectivity index (χ2v) is 7.49.